The summed E-state index contributed by atoms with van der Waals surface area (Å²) in [4.78, 5) is 23.4. The Morgan fingerprint density at radius 1 is 1.16 bits per heavy atom. The summed E-state index contributed by atoms with van der Waals surface area (Å²) in [5, 5.41) is 20.6. The molecule has 0 unspecified atom stereocenters. The van der Waals surface area contributed by atoms with Gasteiger partial charge in [-0.15, -0.1) is 0 Å². The van der Waals surface area contributed by atoms with E-state index in [-0.39, 0.29) is 13.2 Å². The summed E-state index contributed by atoms with van der Waals surface area (Å²) in [5.74, 6) is -0.588. The second-order valence-corrected chi connectivity index (χ2v) is 7.58. The number of aliphatic carboxylic acids is 1. The van der Waals surface area contributed by atoms with Gasteiger partial charge in [0.15, 0.2) is 6.10 Å². The summed E-state index contributed by atoms with van der Waals surface area (Å²) in [6.45, 7) is -0.0918. The highest BCUT2D eigenvalue weighted by molar-refractivity contribution is 9.10. The second-order valence-electron chi connectivity index (χ2n) is 6.66. The van der Waals surface area contributed by atoms with Crippen molar-refractivity contribution >= 4 is 33.7 Å². The monoisotopic (exact) mass is 507 g/mol. The number of nitrogens with one attached hydrogen (secondary N) is 1. The summed E-state index contributed by atoms with van der Waals surface area (Å²) in [5.41, 5.74) is 1.13. The molecule has 0 radical (unpaired) electrons. The third-order valence-corrected chi connectivity index (χ3v) is 4.95. The number of halogens is 1. The molecule has 0 fully saturated rings. The fraction of sp³-hybridized carbons (Fsp3) is 0.304. The minimum absolute atomic E-state index is 0.0772. The Morgan fingerprint density at radius 2 is 1.88 bits per heavy atom. The molecule has 172 valence electrons. The van der Waals surface area contributed by atoms with Crippen LogP contribution in [0.5, 0.6) is 5.75 Å². The quantitative estimate of drug-likeness (QED) is 0.361. The minimum atomic E-state index is -1.04. The number of aliphatic hydroxyl groups excluding tert-OH is 1. The van der Waals surface area contributed by atoms with Crippen LogP contribution in [-0.2, 0) is 14.3 Å². The van der Waals surface area contributed by atoms with Crippen LogP contribution in [0.4, 0.5) is 10.5 Å². The molecule has 0 heterocycles. The van der Waals surface area contributed by atoms with Gasteiger partial charge in [-0.3, -0.25) is 5.32 Å². The van der Waals surface area contributed by atoms with Gasteiger partial charge in [0.25, 0.3) is 0 Å². The lowest BCUT2D eigenvalue weighted by molar-refractivity contribution is -0.131. The molecule has 0 aliphatic heterocycles. The maximum atomic E-state index is 12.7. The van der Waals surface area contributed by atoms with Gasteiger partial charge in [-0.05, 0) is 43.2 Å². The van der Waals surface area contributed by atoms with Crippen molar-refractivity contribution in [3.8, 4) is 5.75 Å². The van der Waals surface area contributed by atoms with E-state index in [1.807, 2.05) is 0 Å². The number of amides is 1. The first-order chi connectivity index (χ1) is 15.4. The molecule has 2 rings (SSSR count). The number of carboxylic acids is 1. The summed E-state index contributed by atoms with van der Waals surface area (Å²) >= 11 is 3.34. The van der Waals surface area contributed by atoms with Crippen molar-refractivity contribution < 1.29 is 34.0 Å². The van der Waals surface area contributed by atoms with E-state index in [1.54, 1.807) is 48.5 Å². The van der Waals surface area contributed by atoms with Gasteiger partial charge in [-0.25, -0.2) is 9.59 Å². The molecular formula is C23H26BrNO7. The van der Waals surface area contributed by atoms with Gasteiger partial charge in [0, 0.05) is 28.9 Å². The van der Waals surface area contributed by atoms with Crippen molar-refractivity contribution in [3.05, 3.63) is 70.7 Å². The molecule has 2 atom stereocenters. The first kappa shape index (κ1) is 25.4. The topological polar surface area (TPSA) is 114 Å². The lowest BCUT2D eigenvalue weighted by Gasteiger charge is -2.27. The average molecular weight is 508 g/mol. The fourth-order valence-electron chi connectivity index (χ4n) is 2.98. The lowest BCUT2D eigenvalue weighted by Crippen LogP contribution is -2.28. The number of carboxylic acid groups (broad SMARTS) is 1. The number of hydrogen-bond donors (Lipinski definition) is 3. The molecule has 2 aromatic rings. The number of methoxy groups -OCH3 is 1. The highest BCUT2D eigenvalue weighted by atomic mass is 79.9. The SMILES string of the molecule is CO[C@@H](CC/C=C/C(=O)O)[C@@H](OC(=O)Nc1ccc(Br)cc1)c1ccccc1OCCO. The molecule has 2 aromatic carbocycles. The average Bonchev–Trinajstić information content (AvgIpc) is 2.78. The number of para-hydroxylation sites is 1. The van der Waals surface area contributed by atoms with E-state index in [9.17, 15) is 9.59 Å². The highest BCUT2D eigenvalue weighted by Crippen LogP contribution is 2.33. The van der Waals surface area contributed by atoms with Crippen molar-refractivity contribution in [2.75, 3.05) is 25.6 Å². The minimum Gasteiger partial charge on any atom is -0.491 e. The van der Waals surface area contributed by atoms with E-state index in [0.717, 1.165) is 10.5 Å². The molecule has 0 aromatic heterocycles. The molecule has 8 nitrogen and oxygen atoms in total. The molecule has 3 N–H and O–H groups in total. The van der Waals surface area contributed by atoms with Crippen LogP contribution in [0.2, 0.25) is 0 Å². The first-order valence-corrected chi connectivity index (χ1v) is 10.7. The van der Waals surface area contributed by atoms with Gasteiger partial charge in [0.1, 0.15) is 12.4 Å². The molecule has 0 saturated heterocycles. The normalized spacial score (nSPS) is 12.8. The molecule has 9 heteroatoms. The Bertz CT molecular complexity index is 901. The van der Waals surface area contributed by atoms with Crippen molar-refractivity contribution in [1.82, 2.24) is 0 Å². The molecule has 0 bridgehead atoms. The van der Waals surface area contributed by atoms with Crippen LogP contribution in [0, 0.1) is 0 Å². The smallest absolute Gasteiger partial charge is 0.412 e. The maximum absolute atomic E-state index is 12.7. The van der Waals surface area contributed by atoms with Crippen molar-refractivity contribution in [2.24, 2.45) is 0 Å². The second kappa shape index (κ2) is 13.5. The third kappa shape index (κ3) is 8.33. The molecule has 1 amide bonds. The van der Waals surface area contributed by atoms with Crippen LogP contribution in [0.25, 0.3) is 0 Å². The highest BCUT2D eigenvalue weighted by Gasteiger charge is 2.29. The van der Waals surface area contributed by atoms with Crippen LogP contribution in [0.3, 0.4) is 0 Å². The van der Waals surface area contributed by atoms with E-state index in [4.69, 9.17) is 24.4 Å². The van der Waals surface area contributed by atoms with Gasteiger partial charge >= 0.3 is 12.1 Å². The largest absolute Gasteiger partial charge is 0.491 e. The van der Waals surface area contributed by atoms with Crippen LogP contribution in [-0.4, -0.2) is 48.7 Å². The lowest BCUT2D eigenvalue weighted by atomic mass is 9.99. The summed E-state index contributed by atoms with van der Waals surface area (Å²) in [6.07, 6.45) is 1.26. The summed E-state index contributed by atoms with van der Waals surface area (Å²) in [6, 6.07) is 14.0. The van der Waals surface area contributed by atoms with Crippen molar-refractivity contribution in [1.29, 1.82) is 0 Å². The molecule has 0 aliphatic carbocycles. The Hall–Kier alpha value is -2.88. The van der Waals surface area contributed by atoms with E-state index >= 15 is 0 Å². The summed E-state index contributed by atoms with van der Waals surface area (Å²) < 4.78 is 17.8. The zero-order valence-electron chi connectivity index (χ0n) is 17.6. The molecule has 0 spiro atoms. The number of ether oxygens (including phenoxy) is 3. The Morgan fingerprint density at radius 3 is 2.53 bits per heavy atom. The number of rotatable bonds is 12. The van der Waals surface area contributed by atoms with Crippen molar-refractivity contribution in [3.63, 3.8) is 0 Å². The zero-order valence-corrected chi connectivity index (χ0v) is 19.2. The number of allylic oxidation sites excluding steroid dienone is 1. The van der Waals surface area contributed by atoms with E-state index in [0.29, 0.717) is 29.8 Å². The van der Waals surface area contributed by atoms with Crippen LogP contribution in [0.15, 0.2) is 65.2 Å². The molecule has 0 aliphatic rings. The van der Waals surface area contributed by atoms with E-state index in [1.165, 1.54) is 13.2 Å². The molecular weight excluding hydrogens is 482 g/mol. The number of hydrogen-bond acceptors (Lipinski definition) is 6. The van der Waals surface area contributed by atoms with Crippen LogP contribution >= 0.6 is 15.9 Å². The summed E-state index contributed by atoms with van der Waals surface area (Å²) in [7, 11) is 1.49. The number of benzene rings is 2. The van der Waals surface area contributed by atoms with Crippen molar-refractivity contribution in [2.45, 2.75) is 25.0 Å². The van der Waals surface area contributed by atoms with E-state index < -0.39 is 24.3 Å². The first-order valence-electron chi connectivity index (χ1n) is 9.92. The fourth-order valence-corrected chi connectivity index (χ4v) is 3.24. The van der Waals surface area contributed by atoms with Gasteiger partial charge in [-0.2, -0.15) is 0 Å². The predicted molar refractivity (Wildman–Crippen MR) is 123 cm³/mol. The third-order valence-electron chi connectivity index (χ3n) is 4.42. The molecule has 32 heavy (non-hydrogen) atoms. The Balaban J connectivity index is 2.25. The van der Waals surface area contributed by atoms with E-state index in [2.05, 4.69) is 21.2 Å². The van der Waals surface area contributed by atoms with Gasteiger partial charge in [0.05, 0.1) is 12.7 Å². The van der Waals surface area contributed by atoms with Gasteiger partial charge in [-0.1, -0.05) is 40.2 Å². The van der Waals surface area contributed by atoms with Gasteiger partial charge in [0.2, 0.25) is 0 Å². The number of carbonyl (C=O) groups excluding carboxylic acids is 1. The van der Waals surface area contributed by atoms with Gasteiger partial charge < -0.3 is 24.4 Å². The zero-order chi connectivity index (χ0) is 23.3. The number of anilines is 1. The van der Waals surface area contributed by atoms with Crippen LogP contribution in [0.1, 0.15) is 24.5 Å². The predicted octanol–water partition coefficient (Wildman–Crippen LogP) is 4.55. The maximum Gasteiger partial charge on any atom is 0.412 e. The molecule has 0 saturated carbocycles. The van der Waals surface area contributed by atoms with Crippen LogP contribution < -0.4 is 10.1 Å². The number of aliphatic hydroxyl groups is 1. The number of carbonyl (C=O) groups is 2. The Labute approximate surface area is 194 Å². The standard InChI is InChI=1S/C23H26BrNO7/c1-30-20(8-4-5-9-21(27)28)22(18-6-2-3-7-19(18)31-15-14-26)32-23(29)25-17-12-10-16(24)11-13-17/h2-3,5-7,9-13,20,22,26H,4,8,14-15H2,1H3,(H,25,29)(H,27,28)/b9-5+/t20-,22-/m0/s1. The Kier molecular flexibility index (Phi) is 10.7.